The zero-order valence-electron chi connectivity index (χ0n) is 15.9. The van der Waals surface area contributed by atoms with Crippen LogP contribution in [0.15, 0.2) is 40.0 Å². The number of aliphatic imine (C=N–C) groups is 1. The highest BCUT2D eigenvalue weighted by atomic mass is 16.3. The Morgan fingerprint density at radius 1 is 1.33 bits per heavy atom. The number of benzene rings is 1. The molecular weight excluding hydrogens is 340 g/mol. The normalized spacial score (nSPS) is 16.2. The van der Waals surface area contributed by atoms with Crippen LogP contribution in [0.5, 0.6) is 0 Å². The van der Waals surface area contributed by atoms with Crippen LogP contribution in [0.2, 0.25) is 0 Å². The van der Waals surface area contributed by atoms with Crippen molar-refractivity contribution in [3.05, 3.63) is 47.7 Å². The lowest BCUT2D eigenvalue weighted by Crippen LogP contribution is -2.45. The Kier molecular flexibility index (Phi) is 5.09. The third kappa shape index (κ3) is 3.67. The monoisotopic (exact) mass is 366 g/mol. The second-order valence-electron chi connectivity index (χ2n) is 6.95. The quantitative estimate of drug-likeness (QED) is 0.547. The van der Waals surface area contributed by atoms with E-state index in [-0.39, 0.29) is 0 Å². The van der Waals surface area contributed by atoms with E-state index in [2.05, 4.69) is 45.3 Å². The molecule has 7 nitrogen and oxygen atoms in total. The van der Waals surface area contributed by atoms with Crippen LogP contribution in [0.4, 0.5) is 0 Å². The zero-order valence-corrected chi connectivity index (χ0v) is 15.9. The molecule has 7 heteroatoms. The molecule has 2 aromatic heterocycles. The highest BCUT2D eigenvalue weighted by Crippen LogP contribution is 2.27. The van der Waals surface area contributed by atoms with Gasteiger partial charge in [-0.15, -0.1) is 0 Å². The molecule has 1 aromatic carbocycles. The second kappa shape index (κ2) is 7.82. The number of aryl methyl sites for hydroxylation is 1. The summed E-state index contributed by atoms with van der Waals surface area (Å²) in [6, 6.07) is 8.15. The highest BCUT2D eigenvalue weighted by molar-refractivity contribution is 5.82. The van der Waals surface area contributed by atoms with Crippen molar-refractivity contribution in [3.8, 4) is 0 Å². The number of rotatable bonds is 4. The summed E-state index contributed by atoms with van der Waals surface area (Å²) in [5.74, 6) is 3.33. The number of furan rings is 1. The number of hydrogen-bond acceptors (Lipinski definition) is 4. The van der Waals surface area contributed by atoms with Crippen LogP contribution in [-0.4, -0.2) is 45.7 Å². The molecule has 4 rings (SSSR count). The fourth-order valence-corrected chi connectivity index (χ4v) is 3.72. The lowest BCUT2D eigenvalue weighted by Gasteiger charge is -2.33. The molecule has 142 valence electrons. The van der Waals surface area contributed by atoms with E-state index in [1.807, 2.05) is 18.2 Å². The maximum Gasteiger partial charge on any atom is 0.194 e. The molecule has 2 N–H and O–H groups in total. The van der Waals surface area contributed by atoms with Crippen molar-refractivity contribution in [2.75, 3.05) is 19.6 Å². The first kappa shape index (κ1) is 17.6. The molecule has 0 radical (unpaired) electrons. The zero-order chi connectivity index (χ0) is 18.6. The van der Waals surface area contributed by atoms with Crippen molar-refractivity contribution in [3.63, 3.8) is 0 Å². The topological polar surface area (TPSA) is 82.3 Å². The van der Waals surface area contributed by atoms with E-state index in [4.69, 9.17) is 9.41 Å². The maximum atomic E-state index is 6.01. The molecule has 0 saturated carbocycles. The van der Waals surface area contributed by atoms with E-state index in [0.717, 1.165) is 55.6 Å². The Morgan fingerprint density at radius 3 is 2.85 bits per heavy atom. The van der Waals surface area contributed by atoms with E-state index in [1.165, 1.54) is 10.9 Å². The van der Waals surface area contributed by atoms with Crippen molar-refractivity contribution in [1.29, 1.82) is 0 Å². The predicted molar refractivity (Wildman–Crippen MR) is 106 cm³/mol. The van der Waals surface area contributed by atoms with Crippen LogP contribution in [0.25, 0.3) is 11.0 Å². The molecule has 1 saturated heterocycles. The lowest BCUT2D eigenvalue weighted by molar-refractivity contribution is 0.298. The van der Waals surface area contributed by atoms with Crippen molar-refractivity contribution in [2.24, 2.45) is 4.99 Å². The van der Waals surface area contributed by atoms with Gasteiger partial charge in [0.25, 0.3) is 0 Å². The number of para-hydroxylation sites is 1. The number of likely N-dealkylation sites (tertiary alicyclic amines) is 1. The summed E-state index contributed by atoms with van der Waals surface area (Å²) in [4.78, 5) is 11.5. The first-order valence-electron chi connectivity index (χ1n) is 9.61. The summed E-state index contributed by atoms with van der Waals surface area (Å²) in [5, 5.41) is 11.6. The Hall–Kier alpha value is -2.83. The number of aromatic amines is 1. The van der Waals surface area contributed by atoms with Crippen molar-refractivity contribution in [2.45, 2.75) is 39.2 Å². The Balaban J connectivity index is 1.46. The highest BCUT2D eigenvalue weighted by Gasteiger charge is 2.24. The van der Waals surface area contributed by atoms with E-state index in [1.54, 1.807) is 6.33 Å². The fourth-order valence-electron chi connectivity index (χ4n) is 3.72. The van der Waals surface area contributed by atoms with Gasteiger partial charge in [0, 0.05) is 36.5 Å². The van der Waals surface area contributed by atoms with Gasteiger partial charge < -0.3 is 14.6 Å². The molecule has 0 bridgehead atoms. The van der Waals surface area contributed by atoms with Crippen LogP contribution in [-0.2, 0) is 6.54 Å². The molecule has 1 fully saturated rings. The van der Waals surface area contributed by atoms with Crippen molar-refractivity contribution in [1.82, 2.24) is 25.4 Å². The minimum absolute atomic E-state index is 0.448. The predicted octanol–water partition coefficient (Wildman–Crippen LogP) is 3.20. The third-order valence-electron chi connectivity index (χ3n) is 5.26. The summed E-state index contributed by atoms with van der Waals surface area (Å²) in [6.45, 7) is 7.51. The number of aromatic nitrogens is 3. The first-order valence-corrected chi connectivity index (χ1v) is 9.61. The number of nitrogens with one attached hydrogen (secondary N) is 2. The summed E-state index contributed by atoms with van der Waals surface area (Å²) in [6.07, 6.45) is 3.68. The molecule has 0 aliphatic carbocycles. The van der Waals surface area contributed by atoms with Gasteiger partial charge in [0.05, 0.1) is 0 Å². The molecule has 0 atom stereocenters. The van der Waals surface area contributed by atoms with Gasteiger partial charge in [-0.05, 0) is 32.8 Å². The number of piperidine rings is 1. The summed E-state index contributed by atoms with van der Waals surface area (Å²) in [7, 11) is 0. The molecule has 0 spiro atoms. The number of fused-ring (bicyclic) bond motifs is 1. The van der Waals surface area contributed by atoms with Gasteiger partial charge in [-0.1, -0.05) is 18.2 Å². The molecular formula is C20H26N6O. The largest absolute Gasteiger partial charge is 0.459 e. The van der Waals surface area contributed by atoms with Crippen molar-refractivity contribution >= 4 is 16.9 Å². The van der Waals surface area contributed by atoms with Crippen LogP contribution in [0, 0.1) is 6.92 Å². The van der Waals surface area contributed by atoms with Crippen LogP contribution < -0.4 is 5.32 Å². The van der Waals surface area contributed by atoms with Crippen molar-refractivity contribution < 1.29 is 4.42 Å². The molecule has 0 unspecified atom stereocenters. The van der Waals surface area contributed by atoms with Crippen LogP contribution >= 0.6 is 0 Å². The summed E-state index contributed by atoms with van der Waals surface area (Å²) >= 11 is 0. The number of hydrogen-bond donors (Lipinski definition) is 2. The van der Waals surface area contributed by atoms with Gasteiger partial charge >= 0.3 is 0 Å². The molecule has 27 heavy (non-hydrogen) atoms. The first-order chi connectivity index (χ1) is 13.3. The van der Waals surface area contributed by atoms with Gasteiger partial charge in [-0.25, -0.2) is 9.98 Å². The SMILES string of the molecule is CCNC(=NCc1oc2ccccc2c1C)N1CCC(c2ncn[nH]2)CC1. The van der Waals surface area contributed by atoms with Gasteiger partial charge in [0.2, 0.25) is 0 Å². The lowest BCUT2D eigenvalue weighted by atomic mass is 9.96. The van der Waals surface area contributed by atoms with Gasteiger partial charge in [0.1, 0.15) is 30.0 Å². The van der Waals surface area contributed by atoms with Crippen LogP contribution in [0.1, 0.15) is 42.8 Å². The van der Waals surface area contributed by atoms with E-state index in [9.17, 15) is 0 Å². The van der Waals surface area contributed by atoms with Gasteiger partial charge in [-0.2, -0.15) is 5.10 Å². The second-order valence-corrected chi connectivity index (χ2v) is 6.95. The standard InChI is InChI=1S/C20H26N6O/c1-3-21-20(26-10-8-15(9-11-26)19-23-13-24-25-19)22-12-18-14(2)16-6-4-5-7-17(16)27-18/h4-7,13,15H,3,8-12H2,1-2H3,(H,21,22)(H,23,24,25). The van der Waals surface area contributed by atoms with Gasteiger partial charge in [0.15, 0.2) is 5.96 Å². The average molecular weight is 366 g/mol. The van der Waals surface area contributed by atoms with Gasteiger partial charge in [-0.3, -0.25) is 5.10 Å². The minimum Gasteiger partial charge on any atom is -0.459 e. The Bertz CT molecular complexity index is 906. The third-order valence-corrected chi connectivity index (χ3v) is 5.26. The fraction of sp³-hybridized carbons (Fsp3) is 0.450. The summed E-state index contributed by atoms with van der Waals surface area (Å²) < 4.78 is 6.01. The number of guanidine groups is 1. The van der Waals surface area contributed by atoms with E-state index < -0.39 is 0 Å². The van der Waals surface area contributed by atoms with E-state index >= 15 is 0 Å². The number of nitrogens with zero attached hydrogens (tertiary/aromatic N) is 4. The maximum absolute atomic E-state index is 6.01. The number of H-pyrrole nitrogens is 1. The molecule has 3 aromatic rings. The molecule has 0 amide bonds. The Morgan fingerprint density at radius 2 is 2.15 bits per heavy atom. The Labute approximate surface area is 158 Å². The summed E-state index contributed by atoms with van der Waals surface area (Å²) in [5.41, 5.74) is 2.10. The smallest absolute Gasteiger partial charge is 0.194 e. The molecule has 3 heterocycles. The average Bonchev–Trinajstić information content (AvgIpc) is 3.34. The molecule has 1 aliphatic rings. The van der Waals surface area contributed by atoms with Crippen LogP contribution in [0.3, 0.4) is 0 Å². The minimum atomic E-state index is 0.448. The molecule has 1 aliphatic heterocycles. The van der Waals surface area contributed by atoms with E-state index in [0.29, 0.717) is 12.5 Å².